The van der Waals surface area contributed by atoms with Gasteiger partial charge in [-0.2, -0.15) is 0 Å². The van der Waals surface area contributed by atoms with Crippen LogP contribution in [0.3, 0.4) is 0 Å². The Hall–Kier alpha value is -1.24. The number of carbonyl (C=O) groups is 1. The van der Waals surface area contributed by atoms with Gasteiger partial charge in [0.15, 0.2) is 5.76 Å². The second-order valence-corrected chi connectivity index (χ2v) is 8.77. The molecule has 0 amide bonds. The van der Waals surface area contributed by atoms with Gasteiger partial charge >= 0.3 is 13.8 Å². The molecule has 0 fully saturated rings. The van der Waals surface area contributed by atoms with Gasteiger partial charge in [-0.3, -0.25) is 9.79 Å². The summed E-state index contributed by atoms with van der Waals surface area (Å²) in [5, 5.41) is 39.9. The van der Waals surface area contributed by atoms with Crippen molar-refractivity contribution in [3.63, 3.8) is 0 Å². The molecule has 0 saturated carbocycles. The van der Waals surface area contributed by atoms with Crippen LogP contribution in [0.4, 0.5) is 0 Å². The fourth-order valence-corrected chi connectivity index (χ4v) is 3.05. The zero-order chi connectivity index (χ0) is 23.2. The Morgan fingerprint density at radius 3 is 2.40 bits per heavy atom. The topological polar surface area (TPSA) is 192 Å². The van der Waals surface area contributed by atoms with Crippen molar-refractivity contribution >= 4 is 13.8 Å². The van der Waals surface area contributed by atoms with E-state index in [0.29, 0.717) is 6.42 Å². The van der Waals surface area contributed by atoms with Crippen LogP contribution in [-0.4, -0.2) is 86.0 Å². The van der Waals surface area contributed by atoms with Gasteiger partial charge in [-0.15, -0.1) is 0 Å². The number of aliphatic hydroxyl groups excluding tert-OH is 3. The van der Waals surface area contributed by atoms with Gasteiger partial charge in [0, 0.05) is 13.0 Å². The number of hydrogen-bond donors (Lipinski definition) is 6. The van der Waals surface area contributed by atoms with Gasteiger partial charge in [0.2, 0.25) is 5.60 Å². The molecule has 1 unspecified atom stereocenters. The van der Waals surface area contributed by atoms with E-state index in [0.717, 1.165) is 6.42 Å². The molecule has 1 aliphatic heterocycles. The average Bonchev–Trinajstić information content (AvgIpc) is 2.86. The van der Waals surface area contributed by atoms with Crippen LogP contribution >= 0.6 is 7.82 Å². The lowest BCUT2D eigenvalue weighted by Crippen LogP contribution is -2.51. The lowest BCUT2D eigenvalue weighted by molar-refractivity contribution is -0.174. The fraction of sp³-hybridized carbons (Fsp3) is 0.824. The van der Waals surface area contributed by atoms with Crippen LogP contribution in [0, 0.1) is 0 Å². The minimum Gasteiger partial charge on any atom is -0.487 e. The van der Waals surface area contributed by atoms with E-state index in [1.807, 2.05) is 6.92 Å². The molecule has 0 radical (unpaired) electrons. The number of ether oxygens (including phenoxy) is 3. The summed E-state index contributed by atoms with van der Waals surface area (Å²) in [5.74, 6) is -3.00. The Kier molecular flexibility index (Phi) is 9.71. The first-order valence-electron chi connectivity index (χ1n) is 9.39. The van der Waals surface area contributed by atoms with Crippen LogP contribution in [0.1, 0.15) is 40.0 Å². The van der Waals surface area contributed by atoms with Crippen LogP contribution in [0.15, 0.2) is 11.5 Å². The van der Waals surface area contributed by atoms with Crippen LogP contribution in [0.25, 0.3) is 0 Å². The quantitative estimate of drug-likeness (QED) is 0.109. The number of unbranched alkanes of at least 4 members (excludes halogenated alkanes) is 1. The summed E-state index contributed by atoms with van der Waals surface area (Å²) in [7, 11) is -5.24. The molecule has 0 spiro atoms. The molecule has 176 valence electrons. The van der Waals surface area contributed by atoms with E-state index in [4.69, 9.17) is 24.0 Å². The largest absolute Gasteiger partial charge is 0.525 e. The molecular weight excluding hydrogens is 427 g/mol. The number of phosphoric ester groups is 1. The van der Waals surface area contributed by atoms with Gasteiger partial charge in [-0.1, -0.05) is 13.3 Å². The predicted octanol–water partition coefficient (Wildman–Crippen LogP) is -0.689. The summed E-state index contributed by atoms with van der Waals surface area (Å²) in [6.07, 6.45) is -2.25. The monoisotopic (exact) mass is 458 g/mol. The molecule has 30 heavy (non-hydrogen) atoms. The molecule has 1 aliphatic rings. The molecule has 0 aromatic carbocycles. The number of esters is 1. The second-order valence-electron chi connectivity index (χ2n) is 7.61. The maximum absolute atomic E-state index is 12.4. The van der Waals surface area contributed by atoms with Crippen molar-refractivity contribution in [2.75, 3.05) is 26.4 Å². The lowest BCUT2D eigenvalue weighted by Gasteiger charge is -2.36. The number of hydrogen-bond acceptors (Lipinski definition) is 10. The van der Waals surface area contributed by atoms with Crippen LogP contribution in [-0.2, 0) is 28.1 Å². The van der Waals surface area contributed by atoms with Gasteiger partial charge in [0.05, 0.1) is 24.9 Å². The van der Waals surface area contributed by atoms with Crippen molar-refractivity contribution in [3.8, 4) is 0 Å². The molecule has 13 heteroatoms. The third kappa shape index (κ3) is 7.78. The number of aliphatic hydroxyl groups is 4. The molecule has 0 saturated heterocycles. The summed E-state index contributed by atoms with van der Waals surface area (Å²) < 4.78 is 31.7. The third-order valence-corrected chi connectivity index (χ3v) is 4.46. The van der Waals surface area contributed by atoms with E-state index in [1.54, 1.807) is 0 Å². The normalized spacial score (nSPS) is 22.1. The van der Waals surface area contributed by atoms with E-state index in [2.05, 4.69) is 4.52 Å². The number of cyclic esters (lactones) is 1. The number of carbonyl (C=O) groups excluding carboxylic acids is 1. The van der Waals surface area contributed by atoms with E-state index in [1.165, 1.54) is 13.8 Å². The highest BCUT2D eigenvalue weighted by Gasteiger charge is 2.58. The molecule has 6 N–H and O–H groups in total. The zero-order valence-electron chi connectivity index (χ0n) is 17.2. The van der Waals surface area contributed by atoms with Crippen molar-refractivity contribution in [1.29, 1.82) is 0 Å². The van der Waals surface area contributed by atoms with E-state index in [9.17, 15) is 29.8 Å². The minimum absolute atomic E-state index is 0.273. The van der Waals surface area contributed by atoms with Crippen molar-refractivity contribution in [2.45, 2.75) is 63.4 Å². The van der Waals surface area contributed by atoms with Gasteiger partial charge < -0.3 is 39.2 Å². The van der Waals surface area contributed by atoms with Gasteiger partial charge in [-0.05, 0) is 20.3 Å². The smallest absolute Gasteiger partial charge is 0.487 e. The molecule has 0 aromatic rings. The molecule has 0 aliphatic carbocycles. The Morgan fingerprint density at radius 2 is 1.90 bits per heavy atom. The molecule has 12 nitrogen and oxygen atoms in total. The Labute approximate surface area is 174 Å². The standard InChI is InChI=1S/C17H31O12P/c1-4-5-6-26-9-12(20)17(7-11(19)8-18)14(27-10-16(2,3)22)13(15(21)28-17)29-30(23,24)25/h11-12,18-20,22H,4-10H2,1-3H3,(H2,23,24,25)/t11?,12-,17+/m0/s1. The minimum atomic E-state index is -5.24. The molecular formula is C17H31O12P. The molecule has 0 aromatic heterocycles. The highest BCUT2D eigenvalue weighted by molar-refractivity contribution is 7.46. The van der Waals surface area contributed by atoms with Gasteiger partial charge in [0.25, 0.3) is 5.76 Å². The highest BCUT2D eigenvalue weighted by Crippen LogP contribution is 2.47. The summed E-state index contributed by atoms with van der Waals surface area (Å²) >= 11 is 0. The van der Waals surface area contributed by atoms with Gasteiger partial charge in [-0.25, -0.2) is 9.36 Å². The first kappa shape index (κ1) is 26.8. The van der Waals surface area contributed by atoms with E-state index >= 15 is 0 Å². The van der Waals surface area contributed by atoms with Crippen LogP contribution in [0.2, 0.25) is 0 Å². The maximum atomic E-state index is 12.4. The summed E-state index contributed by atoms with van der Waals surface area (Å²) in [4.78, 5) is 30.7. The van der Waals surface area contributed by atoms with Gasteiger partial charge in [0.1, 0.15) is 12.7 Å². The van der Waals surface area contributed by atoms with Crippen LogP contribution in [0.5, 0.6) is 0 Å². The Bertz CT molecular complexity index is 652. The molecule has 0 bridgehead atoms. The van der Waals surface area contributed by atoms with Crippen molar-refractivity contribution in [3.05, 3.63) is 11.5 Å². The molecule has 1 heterocycles. The van der Waals surface area contributed by atoms with Crippen molar-refractivity contribution in [1.82, 2.24) is 0 Å². The molecule has 1 rings (SSSR count). The predicted molar refractivity (Wildman–Crippen MR) is 101 cm³/mol. The van der Waals surface area contributed by atoms with E-state index < -0.39 is 68.4 Å². The first-order chi connectivity index (χ1) is 13.8. The lowest BCUT2D eigenvalue weighted by atomic mass is 9.88. The van der Waals surface area contributed by atoms with Crippen molar-refractivity contribution in [2.24, 2.45) is 0 Å². The third-order valence-electron chi connectivity index (χ3n) is 4.04. The number of phosphoric acid groups is 1. The fourth-order valence-electron chi connectivity index (χ4n) is 2.66. The molecule has 3 atom stereocenters. The SMILES string of the molecule is CCCCOC[C@H](O)[C@@]1(CC(O)CO)OC(=O)C(OP(=O)(O)O)=C1OCC(C)(C)O. The Balaban J connectivity index is 3.40. The number of rotatable bonds is 14. The maximum Gasteiger partial charge on any atom is 0.525 e. The summed E-state index contributed by atoms with van der Waals surface area (Å²) in [5.41, 5.74) is -3.63. The summed E-state index contributed by atoms with van der Waals surface area (Å²) in [6.45, 7) is 3.30. The second kappa shape index (κ2) is 10.9. The first-order valence-corrected chi connectivity index (χ1v) is 10.9. The average molecular weight is 458 g/mol. The summed E-state index contributed by atoms with van der Waals surface area (Å²) in [6, 6.07) is 0. The van der Waals surface area contributed by atoms with Crippen molar-refractivity contribution < 1.29 is 58.3 Å². The van der Waals surface area contributed by atoms with E-state index in [-0.39, 0.29) is 13.2 Å². The highest BCUT2D eigenvalue weighted by atomic mass is 31.2. The zero-order valence-corrected chi connectivity index (χ0v) is 18.1. The van der Waals surface area contributed by atoms with Crippen LogP contribution < -0.4 is 0 Å². The Morgan fingerprint density at radius 1 is 1.27 bits per heavy atom.